The number of carbonyl (C=O) groups is 1. The summed E-state index contributed by atoms with van der Waals surface area (Å²) in [4.78, 5) is 22.3. The SMILES string of the molecule is CC(C)COc1ccc(C(=O)Nc2cncnc2N(C)C)cc1. The summed E-state index contributed by atoms with van der Waals surface area (Å²) in [7, 11) is 3.72. The van der Waals surface area contributed by atoms with Crippen LogP contribution in [0.3, 0.4) is 0 Å². The second-order valence-corrected chi connectivity index (χ2v) is 5.84. The lowest BCUT2D eigenvalue weighted by atomic mass is 10.2. The number of carbonyl (C=O) groups excluding carboxylic acids is 1. The molecule has 0 spiro atoms. The van der Waals surface area contributed by atoms with Crippen molar-refractivity contribution in [3.05, 3.63) is 42.4 Å². The Labute approximate surface area is 136 Å². The second-order valence-electron chi connectivity index (χ2n) is 5.84. The lowest BCUT2D eigenvalue weighted by Gasteiger charge is -2.15. The number of hydrogen-bond donors (Lipinski definition) is 1. The highest BCUT2D eigenvalue weighted by Gasteiger charge is 2.11. The third-order valence-electron chi connectivity index (χ3n) is 3.06. The van der Waals surface area contributed by atoms with E-state index < -0.39 is 0 Å². The van der Waals surface area contributed by atoms with Gasteiger partial charge in [-0.05, 0) is 30.2 Å². The Balaban J connectivity index is 2.06. The van der Waals surface area contributed by atoms with Crippen molar-refractivity contribution < 1.29 is 9.53 Å². The van der Waals surface area contributed by atoms with Crippen molar-refractivity contribution in [3.8, 4) is 5.75 Å². The summed E-state index contributed by atoms with van der Waals surface area (Å²) in [5.41, 5.74) is 1.12. The fraction of sp³-hybridized carbons (Fsp3) is 0.353. The van der Waals surface area contributed by atoms with Gasteiger partial charge in [0.25, 0.3) is 5.91 Å². The topological polar surface area (TPSA) is 67.3 Å². The molecular weight excluding hydrogens is 292 g/mol. The van der Waals surface area contributed by atoms with Crippen LogP contribution in [0.15, 0.2) is 36.8 Å². The molecule has 2 rings (SSSR count). The molecule has 6 heteroatoms. The monoisotopic (exact) mass is 314 g/mol. The first-order valence-corrected chi connectivity index (χ1v) is 7.49. The summed E-state index contributed by atoms with van der Waals surface area (Å²) >= 11 is 0. The van der Waals surface area contributed by atoms with E-state index in [4.69, 9.17) is 4.74 Å². The first-order chi connectivity index (χ1) is 11.0. The molecule has 122 valence electrons. The molecule has 0 aliphatic heterocycles. The molecule has 1 aromatic carbocycles. The predicted octanol–water partition coefficient (Wildman–Crippen LogP) is 2.83. The molecular formula is C17H22N4O2. The summed E-state index contributed by atoms with van der Waals surface area (Å²) in [5.74, 6) is 1.66. The van der Waals surface area contributed by atoms with Gasteiger partial charge in [0.05, 0.1) is 12.8 Å². The van der Waals surface area contributed by atoms with Crippen LogP contribution in [0.5, 0.6) is 5.75 Å². The van der Waals surface area contributed by atoms with Crippen molar-refractivity contribution in [2.75, 3.05) is 30.9 Å². The minimum Gasteiger partial charge on any atom is -0.493 e. The Morgan fingerprint density at radius 3 is 2.57 bits per heavy atom. The average molecular weight is 314 g/mol. The summed E-state index contributed by atoms with van der Waals surface area (Å²) in [6.45, 7) is 4.83. The zero-order valence-corrected chi connectivity index (χ0v) is 13.9. The summed E-state index contributed by atoms with van der Waals surface area (Å²) < 4.78 is 5.61. The quantitative estimate of drug-likeness (QED) is 0.888. The van der Waals surface area contributed by atoms with Crippen LogP contribution in [0.1, 0.15) is 24.2 Å². The van der Waals surface area contributed by atoms with Crippen molar-refractivity contribution in [2.45, 2.75) is 13.8 Å². The molecule has 1 N–H and O–H groups in total. The zero-order chi connectivity index (χ0) is 16.8. The highest BCUT2D eigenvalue weighted by molar-refractivity contribution is 6.05. The summed E-state index contributed by atoms with van der Waals surface area (Å²) in [5, 5.41) is 2.83. The van der Waals surface area contributed by atoms with Crippen LogP contribution in [0.25, 0.3) is 0 Å². The number of hydrogen-bond acceptors (Lipinski definition) is 5. The van der Waals surface area contributed by atoms with E-state index in [0.717, 1.165) is 5.75 Å². The molecule has 6 nitrogen and oxygen atoms in total. The molecule has 0 fully saturated rings. The van der Waals surface area contributed by atoms with E-state index in [9.17, 15) is 4.79 Å². The Kier molecular flexibility index (Phi) is 5.51. The Morgan fingerprint density at radius 2 is 1.96 bits per heavy atom. The van der Waals surface area contributed by atoms with E-state index in [1.54, 1.807) is 30.5 Å². The van der Waals surface area contributed by atoms with Gasteiger partial charge >= 0.3 is 0 Å². The van der Waals surface area contributed by atoms with E-state index in [1.165, 1.54) is 6.33 Å². The first kappa shape index (κ1) is 16.7. The molecule has 2 aromatic rings. The Morgan fingerprint density at radius 1 is 1.26 bits per heavy atom. The molecule has 23 heavy (non-hydrogen) atoms. The normalized spacial score (nSPS) is 10.5. The van der Waals surface area contributed by atoms with Crippen LogP contribution >= 0.6 is 0 Å². The van der Waals surface area contributed by atoms with Crippen LogP contribution in [-0.4, -0.2) is 36.6 Å². The molecule has 0 radical (unpaired) electrons. The maximum atomic E-state index is 12.3. The molecule has 0 saturated carbocycles. The van der Waals surface area contributed by atoms with E-state index >= 15 is 0 Å². The van der Waals surface area contributed by atoms with Crippen LogP contribution < -0.4 is 15.0 Å². The molecule has 0 atom stereocenters. The van der Waals surface area contributed by atoms with E-state index in [2.05, 4.69) is 29.1 Å². The zero-order valence-electron chi connectivity index (χ0n) is 13.9. The Bertz CT molecular complexity index is 654. The third-order valence-corrected chi connectivity index (χ3v) is 3.06. The van der Waals surface area contributed by atoms with Gasteiger partial charge in [-0.25, -0.2) is 9.97 Å². The molecule has 1 heterocycles. The van der Waals surface area contributed by atoms with Crippen molar-refractivity contribution in [1.29, 1.82) is 0 Å². The van der Waals surface area contributed by atoms with Crippen LogP contribution in [0.4, 0.5) is 11.5 Å². The number of rotatable bonds is 6. The summed E-state index contributed by atoms with van der Waals surface area (Å²) in [6, 6.07) is 7.07. The first-order valence-electron chi connectivity index (χ1n) is 7.49. The van der Waals surface area contributed by atoms with Gasteiger partial charge in [-0.15, -0.1) is 0 Å². The van der Waals surface area contributed by atoms with Gasteiger partial charge in [-0.2, -0.15) is 0 Å². The van der Waals surface area contributed by atoms with Gasteiger partial charge in [-0.1, -0.05) is 13.8 Å². The van der Waals surface area contributed by atoms with Gasteiger partial charge in [0, 0.05) is 19.7 Å². The largest absolute Gasteiger partial charge is 0.493 e. The smallest absolute Gasteiger partial charge is 0.255 e. The van der Waals surface area contributed by atoms with Gasteiger partial charge in [0.1, 0.15) is 17.8 Å². The fourth-order valence-corrected chi connectivity index (χ4v) is 1.93. The minimum absolute atomic E-state index is 0.210. The maximum absolute atomic E-state index is 12.3. The minimum atomic E-state index is -0.210. The van der Waals surface area contributed by atoms with E-state index in [-0.39, 0.29) is 5.91 Å². The van der Waals surface area contributed by atoms with Crippen LogP contribution in [-0.2, 0) is 0 Å². The van der Waals surface area contributed by atoms with Gasteiger partial charge < -0.3 is 15.0 Å². The van der Waals surface area contributed by atoms with Gasteiger partial charge in [0.2, 0.25) is 0 Å². The third kappa shape index (κ3) is 4.67. The lowest BCUT2D eigenvalue weighted by Crippen LogP contribution is -2.18. The molecule has 0 saturated heterocycles. The number of aromatic nitrogens is 2. The van der Waals surface area contributed by atoms with Crippen molar-refractivity contribution >= 4 is 17.4 Å². The van der Waals surface area contributed by atoms with Crippen LogP contribution in [0.2, 0.25) is 0 Å². The molecule has 0 bridgehead atoms. The second kappa shape index (κ2) is 7.58. The molecule has 1 aromatic heterocycles. The van der Waals surface area contributed by atoms with Crippen molar-refractivity contribution in [1.82, 2.24) is 9.97 Å². The number of nitrogens with zero attached hydrogens (tertiary/aromatic N) is 3. The molecule has 1 amide bonds. The highest BCUT2D eigenvalue weighted by Crippen LogP contribution is 2.20. The fourth-order valence-electron chi connectivity index (χ4n) is 1.93. The number of amides is 1. The molecule has 0 aliphatic carbocycles. The van der Waals surface area contributed by atoms with Crippen LogP contribution in [0, 0.1) is 5.92 Å². The summed E-state index contributed by atoms with van der Waals surface area (Å²) in [6.07, 6.45) is 3.03. The van der Waals surface area contributed by atoms with Gasteiger partial charge in [0.15, 0.2) is 5.82 Å². The predicted molar refractivity (Wildman–Crippen MR) is 91.1 cm³/mol. The van der Waals surface area contributed by atoms with Crippen molar-refractivity contribution in [2.24, 2.45) is 5.92 Å². The number of ether oxygens (including phenoxy) is 1. The number of benzene rings is 1. The average Bonchev–Trinajstić information content (AvgIpc) is 2.53. The van der Waals surface area contributed by atoms with E-state index in [1.807, 2.05) is 19.0 Å². The molecule has 0 aliphatic rings. The molecule has 0 unspecified atom stereocenters. The maximum Gasteiger partial charge on any atom is 0.255 e. The number of nitrogens with one attached hydrogen (secondary N) is 1. The Hall–Kier alpha value is -2.63. The van der Waals surface area contributed by atoms with Gasteiger partial charge in [-0.3, -0.25) is 4.79 Å². The lowest BCUT2D eigenvalue weighted by molar-refractivity contribution is 0.102. The number of anilines is 2. The highest BCUT2D eigenvalue weighted by atomic mass is 16.5. The van der Waals surface area contributed by atoms with E-state index in [0.29, 0.717) is 29.6 Å². The van der Waals surface area contributed by atoms with Crippen molar-refractivity contribution in [3.63, 3.8) is 0 Å². The standard InChI is InChI=1S/C17H22N4O2/c1-12(2)10-23-14-7-5-13(6-8-14)17(22)20-15-9-18-11-19-16(15)21(3)4/h5-9,11-12H,10H2,1-4H3,(H,20,22).